The van der Waals surface area contributed by atoms with Gasteiger partial charge in [0.25, 0.3) is 0 Å². The number of pyridine rings is 1. The summed E-state index contributed by atoms with van der Waals surface area (Å²) >= 11 is 0. The number of hydrogen-bond donors (Lipinski definition) is 2. The van der Waals surface area contributed by atoms with Gasteiger partial charge in [-0.2, -0.15) is 0 Å². The molecule has 0 unspecified atom stereocenters. The van der Waals surface area contributed by atoms with Crippen LogP contribution in [-0.2, 0) is 6.42 Å². The standard InChI is InChI=1S/C15H17N3O/c1-3-11-4-6-13(7-5-11)19-14-9-12(15(16)17)8-10(2)18-14/h4-9H,3H2,1-2H3,(H3,16,17). The molecule has 1 aromatic carbocycles. The van der Waals surface area contributed by atoms with E-state index >= 15 is 0 Å². The second kappa shape index (κ2) is 5.52. The molecule has 0 saturated carbocycles. The van der Waals surface area contributed by atoms with E-state index in [0.717, 1.165) is 17.9 Å². The number of benzene rings is 1. The zero-order valence-corrected chi connectivity index (χ0v) is 11.1. The van der Waals surface area contributed by atoms with Crippen LogP contribution < -0.4 is 10.5 Å². The molecule has 98 valence electrons. The molecule has 2 aromatic rings. The van der Waals surface area contributed by atoms with Gasteiger partial charge >= 0.3 is 0 Å². The first-order chi connectivity index (χ1) is 9.08. The highest BCUT2D eigenvalue weighted by Gasteiger charge is 2.05. The molecule has 0 saturated heterocycles. The monoisotopic (exact) mass is 255 g/mol. The number of ether oxygens (including phenoxy) is 1. The molecule has 0 atom stereocenters. The van der Waals surface area contributed by atoms with Crippen molar-refractivity contribution in [3.05, 3.63) is 53.2 Å². The van der Waals surface area contributed by atoms with E-state index in [1.54, 1.807) is 12.1 Å². The third kappa shape index (κ3) is 3.31. The fourth-order valence-electron chi connectivity index (χ4n) is 1.76. The molecule has 0 aliphatic heterocycles. The van der Waals surface area contributed by atoms with Gasteiger partial charge in [0.05, 0.1) is 0 Å². The highest BCUT2D eigenvalue weighted by molar-refractivity contribution is 5.95. The van der Waals surface area contributed by atoms with Crippen LogP contribution in [0.2, 0.25) is 0 Å². The van der Waals surface area contributed by atoms with Crippen LogP contribution in [0.3, 0.4) is 0 Å². The average molecular weight is 255 g/mol. The maximum absolute atomic E-state index is 7.46. The van der Waals surface area contributed by atoms with Crippen molar-refractivity contribution >= 4 is 5.84 Å². The molecule has 0 fully saturated rings. The highest BCUT2D eigenvalue weighted by atomic mass is 16.5. The average Bonchev–Trinajstić information content (AvgIpc) is 2.39. The van der Waals surface area contributed by atoms with Crippen LogP contribution in [0.1, 0.15) is 23.7 Å². The van der Waals surface area contributed by atoms with E-state index < -0.39 is 0 Å². The SMILES string of the molecule is CCc1ccc(Oc2cc(C(=N)N)cc(C)n2)cc1. The number of nitrogens with zero attached hydrogens (tertiary/aromatic N) is 1. The fraction of sp³-hybridized carbons (Fsp3) is 0.200. The Labute approximate surface area is 112 Å². The Morgan fingerprint density at radius 3 is 2.53 bits per heavy atom. The molecule has 0 bridgehead atoms. The van der Waals surface area contributed by atoms with Gasteiger partial charge in [0.1, 0.15) is 11.6 Å². The lowest BCUT2D eigenvalue weighted by Gasteiger charge is -2.08. The number of nitrogen functional groups attached to an aromatic ring is 1. The quantitative estimate of drug-likeness (QED) is 0.651. The maximum Gasteiger partial charge on any atom is 0.220 e. The van der Waals surface area contributed by atoms with Crippen molar-refractivity contribution in [3.8, 4) is 11.6 Å². The van der Waals surface area contributed by atoms with Gasteiger partial charge < -0.3 is 10.5 Å². The molecular weight excluding hydrogens is 238 g/mol. The molecule has 4 nitrogen and oxygen atoms in total. The lowest BCUT2D eigenvalue weighted by molar-refractivity contribution is 0.461. The van der Waals surface area contributed by atoms with E-state index in [0.29, 0.717) is 11.4 Å². The Hall–Kier alpha value is -2.36. The molecular formula is C15H17N3O. The largest absolute Gasteiger partial charge is 0.439 e. The number of nitrogens with one attached hydrogen (secondary N) is 1. The molecule has 19 heavy (non-hydrogen) atoms. The Morgan fingerprint density at radius 1 is 1.26 bits per heavy atom. The fourth-order valence-corrected chi connectivity index (χ4v) is 1.76. The molecule has 4 heteroatoms. The van der Waals surface area contributed by atoms with E-state index in [9.17, 15) is 0 Å². The van der Waals surface area contributed by atoms with Crippen LogP contribution in [0.25, 0.3) is 0 Å². The van der Waals surface area contributed by atoms with Crippen molar-refractivity contribution in [1.29, 1.82) is 5.41 Å². The topological polar surface area (TPSA) is 72.0 Å². The number of rotatable bonds is 4. The molecule has 0 radical (unpaired) electrons. The van der Waals surface area contributed by atoms with Crippen LogP contribution >= 0.6 is 0 Å². The summed E-state index contributed by atoms with van der Waals surface area (Å²) in [6.45, 7) is 3.95. The predicted octanol–water partition coefficient (Wildman–Crippen LogP) is 3.03. The van der Waals surface area contributed by atoms with Crippen molar-refractivity contribution in [2.45, 2.75) is 20.3 Å². The molecule has 3 N–H and O–H groups in total. The van der Waals surface area contributed by atoms with Crippen molar-refractivity contribution in [2.24, 2.45) is 5.73 Å². The van der Waals surface area contributed by atoms with Gasteiger partial charge in [-0.05, 0) is 37.1 Å². The van der Waals surface area contributed by atoms with E-state index in [-0.39, 0.29) is 5.84 Å². The Balaban J connectivity index is 2.24. The lowest BCUT2D eigenvalue weighted by atomic mass is 10.2. The van der Waals surface area contributed by atoms with E-state index in [1.165, 1.54) is 5.56 Å². The second-order valence-corrected chi connectivity index (χ2v) is 4.35. The van der Waals surface area contributed by atoms with Crippen molar-refractivity contribution in [1.82, 2.24) is 4.98 Å². The molecule has 2 rings (SSSR count). The zero-order valence-electron chi connectivity index (χ0n) is 11.1. The molecule has 0 aliphatic carbocycles. The number of aromatic nitrogens is 1. The van der Waals surface area contributed by atoms with Gasteiger partial charge in [0, 0.05) is 17.3 Å². The number of aryl methyl sites for hydroxylation is 2. The Bertz CT molecular complexity index is 591. The van der Waals surface area contributed by atoms with Crippen LogP contribution in [0, 0.1) is 12.3 Å². The molecule has 0 spiro atoms. The van der Waals surface area contributed by atoms with Crippen molar-refractivity contribution in [2.75, 3.05) is 0 Å². The summed E-state index contributed by atoms with van der Waals surface area (Å²) in [7, 11) is 0. The van der Waals surface area contributed by atoms with Gasteiger partial charge in [-0.3, -0.25) is 5.41 Å². The maximum atomic E-state index is 7.46. The van der Waals surface area contributed by atoms with Crippen LogP contribution in [-0.4, -0.2) is 10.8 Å². The Morgan fingerprint density at radius 2 is 1.95 bits per heavy atom. The minimum absolute atomic E-state index is 0.0108. The summed E-state index contributed by atoms with van der Waals surface area (Å²) in [5, 5.41) is 7.46. The van der Waals surface area contributed by atoms with Gasteiger partial charge in [-0.15, -0.1) is 0 Å². The third-order valence-electron chi connectivity index (χ3n) is 2.79. The molecule has 1 aromatic heterocycles. The van der Waals surface area contributed by atoms with Gasteiger partial charge in [0.15, 0.2) is 0 Å². The minimum atomic E-state index is 0.0108. The van der Waals surface area contributed by atoms with Crippen molar-refractivity contribution in [3.63, 3.8) is 0 Å². The smallest absolute Gasteiger partial charge is 0.220 e. The molecule has 0 aliphatic rings. The zero-order chi connectivity index (χ0) is 13.8. The summed E-state index contributed by atoms with van der Waals surface area (Å²) in [6.07, 6.45) is 0.997. The first kappa shape index (κ1) is 13.1. The van der Waals surface area contributed by atoms with Crippen LogP contribution in [0.15, 0.2) is 36.4 Å². The Kier molecular flexibility index (Phi) is 3.80. The van der Waals surface area contributed by atoms with E-state index in [1.807, 2.05) is 31.2 Å². The second-order valence-electron chi connectivity index (χ2n) is 4.35. The van der Waals surface area contributed by atoms with Gasteiger partial charge in [0.2, 0.25) is 5.88 Å². The number of amidine groups is 1. The minimum Gasteiger partial charge on any atom is -0.439 e. The third-order valence-corrected chi connectivity index (χ3v) is 2.79. The molecule has 0 amide bonds. The summed E-state index contributed by atoms with van der Waals surface area (Å²) in [6, 6.07) is 11.3. The lowest BCUT2D eigenvalue weighted by Crippen LogP contribution is -2.11. The van der Waals surface area contributed by atoms with E-state index in [2.05, 4.69) is 11.9 Å². The number of nitrogens with two attached hydrogens (primary N) is 1. The molecule has 1 heterocycles. The summed E-state index contributed by atoms with van der Waals surface area (Å²) < 4.78 is 5.69. The van der Waals surface area contributed by atoms with Crippen LogP contribution in [0.4, 0.5) is 0 Å². The first-order valence-electron chi connectivity index (χ1n) is 6.18. The predicted molar refractivity (Wildman–Crippen MR) is 75.9 cm³/mol. The summed E-state index contributed by atoms with van der Waals surface area (Å²) in [5.74, 6) is 1.19. The van der Waals surface area contributed by atoms with E-state index in [4.69, 9.17) is 15.9 Å². The highest BCUT2D eigenvalue weighted by Crippen LogP contribution is 2.21. The number of hydrogen-bond acceptors (Lipinski definition) is 3. The summed E-state index contributed by atoms with van der Waals surface area (Å²) in [5.41, 5.74) is 8.13. The van der Waals surface area contributed by atoms with Gasteiger partial charge in [-0.1, -0.05) is 19.1 Å². The van der Waals surface area contributed by atoms with Crippen LogP contribution in [0.5, 0.6) is 11.6 Å². The summed E-state index contributed by atoms with van der Waals surface area (Å²) in [4.78, 5) is 4.28. The normalized spacial score (nSPS) is 10.2. The van der Waals surface area contributed by atoms with Crippen molar-refractivity contribution < 1.29 is 4.74 Å². The first-order valence-corrected chi connectivity index (χ1v) is 6.18. The van der Waals surface area contributed by atoms with Gasteiger partial charge in [-0.25, -0.2) is 4.98 Å².